The fraction of sp³-hybridized carbons (Fsp3) is 0.214. The van der Waals surface area contributed by atoms with Crippen LogP contribution in [-0.4, -0.2) is 43.2 Å². The Morgan fingerprint density at radius 2 is 1.62 bits per heavy atom. The predicted molar refractivity (Wildman–Crippen MR) is 138 cm³/mol. The average Bonchev–Trinajstić information content (AvgIpc) is 3.43. The van der Waals surface area contributed by atoms with Gasteiger partial charge in [-0.2, -0.15) is 10.1 Å². The summed E-state index contributed by atoms with van der Waals surface area (Å²) in [5, 5.41) is 8.10. The molecule has 1 N–H and O–H groups in total. The van der Waals surface area contributed by atoms with Gasteiger partial charge in [-0.25, -0.2) is 4.68 Å². The van der Waals surface area contributed by atoms with Gasteiger partial charge in [0.1, 0.15) is 29.6 Å². The number of methoxy groups -OCH3 is 4. The van der Waals surface area contributed by atoms with Crippen molar-refractivity contribution in [3.8, 4) is 28.7 Å². The van der Waals surface area contributed by atoms with Crippen LogP contribution in [0.3, 0.4) is 0 Å². The summed E-state index contributed by atoms with van der Waals surface area (Å²) in [6.07, 6.45) is 1.03. The molecule has 188 valence electrons. The van der Waals surface area contributed by atoms with Gasteiger partial charge >= 0.3 is 0 Å². The Bertz CT molecular complexity index is 1510. The molecule has 0 saturated carbocycles. The Hall–Kier alpha value is -4.66. The van der Waals surface area contributed by atoms with E-state index < -0.39 is 6.10 Å². The van der Waals surface area contributed by atoms with Crippen molar-refractivity contribution in [2.24, 2.45) is 0 Å². The molecule has 2 aliphatic rings. The molecule has 0 radical (unpaired) electrons. The predicted octanol–water partition coefficient (Wildman–Crippen LogP) is 4.87. The summed E-state index contributed by atoms with van der Waals surface area (Å²) in [5.74, 6) is 4.04. The van der Waals surface area contributed by atoms with E-state index in [0.717, 1.165) is 33.7 Å². The molecule has 4 aromatic rings. The lowest BCUT2D eigenvalue weighted by Crippen LogP contribution is -2.32. The minimum absolute atomic E-state index is 0.359. The number of nitrogens with zero attached hydrogens (tertiary/aromatic N) is 3. The first-order valence-corrected chi connectivity index (χ1v) is 11.8. The molecule has 3 heterocycles. The van der Waals surface area contributed by atoms with Gasteiger partial charge in [-0.15, -0.1) is 0 Å². The quantitative estimate of drug-likeness (QED) is 0.403. The SMILES string of the molecule is COc1ccc(OC)c(C2Oc3ccccc3C3=C2C(c2ccc(OC)c(OC)c2)n2ncnc2N3)c1. The Morgan fingerprint density at radius 1 is 0.838 bits per heavy atom. The molecular formula is C28H26N4O5. The molecule has 1 aromatic heterocycles. The van der Waals surface area contributed by atoms with Crippen LogP contribution in [0.15, 0.2) is 72.6 Å². The lowest BCUT2D eigenvalue weighted by atomic mass is 9.84. The standard InChI is InChI=1S/C28H26N4O5/c1-33-17-10-12-20(34-2)19(14-17)27-24-25(18-7-5-6-8-21(18)37-27)31-28-29-15-30-32(28)26(24)16-9-11-22(35-3)23(13-16)36-4/h5-15,26-27H,1-4H3,(H,29,30,31). The summed E-state index contributed by atoms with van der Waals surface area (Å²) in [5.41, 5.74) is 4.58. The Morgan fingerprint density at radius 3 is 2.41 bits per heavy atom. The molecule has 6 rings (SSSR count). The van der Waals surface area contributed by atoms with E-state index in [1.807, 2.05) is 65.3 Å². The third-order valence-corrected chi connectivity index (χ3v) is 6.76. The van der Waals surface area contributed by atoms with E-state index >= 15 is 0 Å². The van der Waals surface area contributed by atoms with Gasteiger partial charge in [-0.1, -0.05) is 18.2 Å². The van der Waals surface area contributed by atoms with Gasteiger partial charge in [0.2, 0.25) is 5.95 Å². The fourth-order valence-corrected chi connectivity index (χ4v) is 5.06. The van der Waals surface area contributed by atoms with Crippen LogP contribution in [-0.2, 0) is 0 Å². The zero-order valence-electron chi connectivity index (χ0n) is 20.9. The maximum Gasteiger partial charge on any atom is 0.226 e. The molecule has 9 heteroatoms. The van der Waals surface area contributed by atoms with Crippen LogP contribution in [0, 0.1) is 0 Å². The number of nitrogens with one attached hydrogen (secondary N) is 1. The van der Waals surface area contributed by atoms with Crippen molar-refractivity contribution in [1.29, 1.82) is 0 Å². The lowest BCUT2D eigenvalue weighted by molar-refractivity contribution is 0.217. The van der Waals surface area contributed by atoms with Crippen molar-refractivity contribution in [1.82, 2.24) is 14.8 Å². The highest BCUT2D eigenvalue weighted by Gasteiger charge is 2.42. The van der Waals surface area contributed by atoms with E-state index in [9.17, 15) is 0 Å². The summed E-state index contributed by atoms with van der Waals surface area (Å²) in [6, 6.07) is 19.2. The van der Waals surface area contributed by atoms with Crippen molar-refractivity contribution < 1.29 is 23.7 Å². The van der Waals surface area contributed by atoms with Gasteiger partial charge in [-0.3, -0.25) is 0 Å². The van der Waals surface area contributed by atoms with Gasteiger partial charge in [-0.05, 0) is 48.0 Å². The van der Waals surface area contributed by atoms with Crippen molar-refractivity contribution in [2.75, 3.05) is 33.8 Å². The van der Waals surface area contributed by atoms with E-state index in [-0.39, 0.29) is 6.04 Å². The topological polar surface area (TPSA) is 88.9 Å². The molecule has 0 bridgehead atoms. The van der Waals surface area contributed by atoms with E-state index in [0.29, 0.717) is 28.9 Å². The van der Waals surface area contributed by atoms with Gasteiger partial charge in [0.05, 0.1) is 34.1 Å². The molecule has 2 unspecified atom stereocenters. The molecule has 9 nitrogen and oxygen atoms in total. The number of anilines is 1. The third-order valence-electron chi connectivity index (χ3n) is 6.76. The second kappa shape index (κ2) is 9.09. The molecule has 0 aliphatic carbocycles. The zero-order valence-corrected chi connectivity index (χ0v) is 20.9. The summed E-state index contributed by atoms with van der Waals surface area (Å²) >= 11 is 0. The second-order valence-electron chi connectivity index (χ2n) is 8.60. The molecule has 37 heavy (non-hydrogen) atoms. The maximum atomic E-state index is 6.72. The Labute approximate surface area is 214 Å². The molecule has 0 saturated heterocycles. The summed E-state index contributed by atoms with van der Waals surface area (Å²) in [4.78, 5) is 4.50. The number of aromatic nitrogens is 3. The van der Waals surface area contributed by atoms with Crippen LogP contribution in [0.2, 0.25) is 0 Å². The zero-order chi connectivity index (χ0) is 25.5. The fourth-order valence-electron chi connectivity index (χ4n) is 5.06. The molecule has 2 aliphatic heterocycles. The second-order valence-corrected chi connectivity index (χ2v) is 8.60. The number of hydrogen-bond donors (Lipinski definition) is 1. The molecular weight excluding hydrogens is 472 g/mol. The summed E-state index contributed by atoms with van der Waals surface area (Å²) in [6.45, 7) is 0. The number of benzene rings is 3. The highest BCUT2D eigenvalue weighted by atomic mass is 16.5. The van der Waals surface area contributed by atoms with E-state index in [1.54, 1.807) is 34.8 Å². The third kappa shape index (κ3) is 3.62. The number of rotatable bonds is 6. The van der Waals surface area contributed by atoms with Gasteiger partial charge < -0.3 is 29.0 Å². The van der Waals surface area contributed by atoms with Crippen LogP contribution in [0.25, 0.3) is 5.70 Å². The number of fused-ring (bicyclic) bond motifs is 3. The number of hydrogen-bond acceptors (Lipinski definition) is 8. The van der Waals surface area contributed by atoms with E-state index in [4.69, 9.17) is 23.7 Å². The van der Waals surface area contributed by atoms with Crippen molar-refractivity contribution in [3.05, 3.63) is 89.3 Å². The van der Waals surface area contributed by atoms with Crippen molar-refractivity contribution >= 4 is 11.6 Å². The van der Waals surface area contributed by atoms with Crippen LogP contribution < -0.4 is 29.0 Å². The maximum absolute atomic E-state index is 6.72. The summed E-state index contributed by atoms with van der Waals surface area (Å²) < 4.78 is 31.1. The summed E-state index contributed by atoms with van der Waals surface area (Å²) in [7, 11) is 6.54. The minimum Gasteiger partial charge on any atom is -0.497 e. The molecule has 0 amide bonds. The highest BCUT2D eigenvalue weighted by Crippen LogP contribution is 2.52. The normalized spacial score (nSPS) is 17.5. The molecule has 2 atom stereocenters. The van der Waals surface area contributed by atoms with Crippen LogP contribution in [0.5, 0.6) is 28.7 Å². The Balaban J connectivity index is 1.63. The number of ether oxygens (including phenoxy) is 5. The number of para-hydroxylation sites is 1. The van der Waals surface area contributed by atoms with E-state index in [2.05, 4.69) is 15.4 Å². The Kier molecular flexibility index (Phi) is 5.60. The molecule has 0 spiro atoms. The first-order valence-electron chi connectivity index (χ1n) is 11.8. The van der Waals surface area contributed by atoms with Crippen LogP contribution in [0.4, 0.5) is 5.95 Å². The van der Waals surface area contributed by atoms with Gasteiger partial charge in [0.25, 0.3) is 0 Å². The smallest absolute Gasteiger partial charge is 0.226 e. The molecule has 3 aromatic carbocycles. The van der Waals surface area contributed by atoms with Crippen LogP contribution >= 0.6 is 0 Å². The lowest BCUT2D eigenvalue weighted by Gasteiger charge is -2.39. The largest absolute Gasteiger partial charge is 0.497 e. The average molecular weight is 499 g/mol. The molecule has 0 fully saturated rings. The van der Waals surface area contributed by atoms with Gasteiger partial charge in [0, 0.05) is 16.7 Å². The first-order chi connectivity index (χ1) is 18.2. The van der Waals surface area contributed by atoms with Crippen molar-refractivity contribution in [2.45, 2.75) is 12.1 Å². The van der Waals surface area contributed by atoms with Crippen LogP contribution in [0.1, 0.15) is 28.8 Å². The van der Waals surface area contributed by atoms with Crippen molar-refractivity contribution in [3.63, 3.8) is 0 Å². The first kappa shape index (κ1) is 22.8. The highest BCUT2D eigenvalue weighted by molar-refractivity contribution is 5.85. The van der Waals surface area contributed by atoms with E-state index in [1.165, 1.54) is 0 Å². The monoisotopic (exact) mass is 498 g/mol. The van der Waals surface area contributed by atoms with Gasteiger partial charge in [0.15, 0.2) is 17.6 Å². The minimum atomic E-state index is -0.516.